The zero-order chi connectivity index (χ0) is 16.9. The molecule has 0 bridgehead atoms. The SMILES string of the molecule is CN=C(NCc1nncn1C)N1CCN(c2ccccc2F)CC1. The Kier molecular flexibility index (Phi) is 4.93. The molecule has 1 aliphatic heterocycles. The molecule has 24 heavy (non-hydrogen) atoms. The second kappa shape index (κ2) is 7.29. The van der Waals surface area contributed by atoms with E-state index in [1.54, 1.807) is 19.4 Å². The highest BCUT2D eigenvalue weighted by Crippen LogP contribution is 2.20. The van der Waals surface area contributed by atoms with Gasteiger partial charge in [0.15, 0.2) is 11.8 Å². The first-order chi connectivity index (χ1) is 11.7. The van der Waals surface area contributed by atoms with E-state index in [0.29, 0.717) is 12.2 Å². The van der Waals surface area contributed by atoms with Gasteiger partial charge in [0.2, 0.25) is 0 Å². The maximum Gasteiger partial charge on any atom is 0.194 e. The summed E-state index contributed by atoms with van der Waals surface area (Å²) in [6.45, 7) is 3.65. The molecule has 0 aliphatic carbocycles. The summed E-state index contributed by atoms with van der Waals surface area (Å²) in [6, 6.07) is 6.91. The van der Waals surface area contributed by atoms with Gasteiger partial charge in [-0.05, 0) is 12.1 Å². The van der Waals surface area contributed by atoms with Crippen molar-refractivity contribution < 1.29 is 4.39 Å². The number of rotatable bonds is 3. The van der Waals surface area contributed by atoms with Crippen LogP contribution in [-0.2, 0) is 13.6 Å². The van der Waals surface area contributed by atoms with Crippen molar-refractivity contribution in [2.75, 3.05) is 38.1 Å². The van der Waals surface area contributed by atoms with Crippen LogP contribution in [-0.4, -0.2) is 58.9 Å². The number of piperazine rings is 1. The summed E-state index contributed by atoms with van der Waals surface area (Å²) in [5, 5.41) is 11.2. The molecule has 2 heterocycles. The first-order valence-electron chi connectivity index (χ1n) is 7.97. The molecule has 0 amide bonds. The van der Waals surface area contributed by atoms with Crippen LogP contribution in [0.3, 0.4) is 0 Å². The van der Waals surface area contributed by atoms with Crippen LogP contribution in [0.1, 0.15) is 5.82 Å². The number of nitrogens with one attached hydrogen (secondary N) is 1. The van der Waals surface area contributed by atoms with Gasteiger partial charge in [-0.1, -0.05) is 12.1 Å². The van der Waals surface area contributed by atoms with Crippen molar-refractivity contribution in [1.29, 1.82) is 0 Å². The minimum absolute atomic E-state index is 0.171. The minimum atomic E-state index is -0.171. The molecular weight excluding hydrogens is 309 g/mol. The van der Waals surface area contributed by atoms with Gasteiger partial charge in [0.05, 0.1) is 12.2 Å². The second-order valence-electron chi connectivity index (χ2n) is 5.68. The topological polar surface area (TPSA) is 61.6 Å². The fourth-order valence-corrected chi connectivity index (χ4v) is 2.82. The molecule has 8 heteroatoms. The normalized spacial score (nSPS) is 15.7. The van der Waals surface area contributed by atoms with Gasteiger partial charge >= 0.3 is 0 Å². The third-order valence-corrected chi connectivity index (χ3v) is 4.19. The Labute approximate surface area is 140 Å². The fraction of sp³-hybridized carbons (Fsp3) is 0.438. The largest absolute Gasteiger partial charge is 0.366 e. The molecule has 1 saturated heterocycles. The Bertz CT molecular complexity index is 704. The highest BCUT2D eigenvalue weighted by molar-refractivity contribution is 5.80. The third-order valence-electron chi connectivity index (χ3n) is 4.19. The van der Waals surface area contributed by atoms with Gasteiger partial charge in [0.1, 0.15) is 12.1 Å². The van der Waals surface area contributed by atoms with Crippen LogP contribution in [0.2, 0.25) is 0 Å². The lowest BCUT2D eigenvalue weighted by Gasteiger charge is -2.37. The van der Waals surface area contributed by atoms with Crippen LogP contribution in [0.4, 0.5) is 10.1 Å². The van der Waals surface area contributed by atoms with E-state index in [2.05, 4.69) is 30.3 Å². The van der Waals surface area contributed by atoms with Gasteiger partial charge in [-0.15, -0.1) is 10.2 Å². The van der Waals surface area contributed by atoms with E-state index < -0.39 is 0 Å². The molecule has 7 nitrogen and oxygen atoms in total. The quantitative estimate of drug-likeness (QED) is 0.667. The van der Waals surface area contributed by atoms with E-state index in [-0.39, 0.29) is 5.82 Å². The average molecular weight is 331 g/mol. The molecule has 1 aliphatic rings. The van der Waals surface area contributed by atoms with E-state index in [1.807, 2.05) is 23.7 Å². The van der Waals surface area contributed by atoms with Gasteiger partial charge in [0.25, 0.3) is 0 Å². The van der Waals surface area contributed by atoms with Crippen molar-refractivity contribution in [2.45, 2.75) is 6.54 Å². The van der Waals surface area contributed by atoms with Crippen molar-refractivity contribution in [3.8, 4) is 0 Å². The number of halogens is 1. The smallest absolute Gasteiger partial charge is 0.194 e. The number of nitrogens with zero attached hydrogens (tertiary/aromatic N) is 6. The number of anilines is 1. The van der Waals surface area contributed by atoms with E-state index in [9.17, 15) is 4.39 Å². The molecule has 0 unspecified atom stereocenters. The molecule has 0 saturated carbocycles. The minimum Gasteiger partial charge on any atom is -0.366 e. The molecule has 0 spiro atoms. The highest BCUT2D eigenvalue weighted by atomic mass is 19.1. The number of hydrogen-bond acceptors (Lipinski definition) is 4. The summed E-state index contributed by atoms with van der Waals surface area (Å²) in [6.07, 6.45) is 1.67. The first kappa shape index (κ1) is 16.2. The Morgan fingerprint density at radius 2 is 2.00 bits per heavy atom. The van der Waals surface area contributed by atoms with Gasteiger partial charge in [-0.25, -0.2) is 4.39 Å². The van der Waals surface area contributed by atoms with Crippen LogP contribution in [0.5, 0.6) is 0 Å². The number of guanidine groups is 1. The lowest BCUT2D eigenvalue weighted by Crippen LogP contribution is -2.52. The van der Waals surface area contributed by atoms with Crippen LogP contribution in [0.15, 0.2) is 35.6 Å². The predicted molar refractivity (Wildman–Crippen MR) is 91.4 cm³/mol. The lowest BCUT2D eigenvalue weighted by molar-refractivity contribution is 0.370. The average Bonchev–Trinajstić information content (AvgIpc) is 3.02. The zero-order valence-electron chi connectivity index (χ0n) is 14.0. The van der Waals surface area contributed by atoms with E-state index >= 15 is 0 Å². The van der Waals surface area contributed by atoms with Crippen LogP contribution in [0, 0.1) is 5.82 Å². The van der Waals surface area contributed by atoms with Gasteiger partial charge in [-0.2, -0.15) is 0 Å². The standard InChI is InChI=1S/C16H22FN7/c1-18-16(19-11-15-21-20-12-22(15)2)24-9-7-23(8-10-24)14-6-4-3-5-13(14)17/h3-6,12H,7-11H2,1-2H3,(H,18,19). The second-order valence-corrected chi connectivity index (χ2v) is 5.68. The number of para-hydroxylation sites is 1. The molecule has 3 rings (SSSR count). The molecule has 0 radical (unpaired) electrons. The maximum absolute atomic E-state index is 13.9. The Morgan fingerprint density at radius 3 is 2.62 bits per heavy atom. The summed E-state index contributed by atoms with van der Waals surface area (Å²) in [7, 11) is 3.68. The molecular formula is C16H22FN7. The fourth-order valence-electron chi connectivity index (χ4n) is 2.82. The zero-order valence-corrected chi connectivity index (χ0v) is 14.0. The lowest BCUT2D eigenvalue weighted by atomic mass is 10.2. The van der Waals surface area contributed by atoms with Crippen molar-refractivity contribution >= 4 is 11.6 Å². The van der Waals surface area contributed by atoms with Crippen molar-refractivity contribution in [1.82, 2.24) is 25.0 Å². The van der Waals surface area contributed by atoms with Crippen molar-refractivity contribution in [3.63, 3.8) is 0 Å². The van der Waals surface area contributed by atoms with Crippen molar-refractivity contribution in [3.05, 3.63) is 42.2 Å². The molecule has 128 valence electrons. The summed E-state index contributed by atoms with van der Waals surface area (Å²) in [4.78, 5) is 8.58. The Balaban J connectivity index is 1.57. The number of aromatic nitrogens is 3. The molecule has 0 atom stereocenters. The van der Waals surface area contributed by atoms with Crippen LogP contribution in [0.25, 0.3) is 0 Å². The van der Waals surface area contributed by atoms with Crippen molar-refractivity contribution in [2.24, 2.45) is 12.0 Å². The number of benzene rings is 1. The summed E-state index contributed by atoms with van der Waals surface area (Å²) < 4.78 is 15.8. The van der Waals surface area contributed by atoms with Crippen LogP contribution >= 0.6 is 0 Å². The monoisotopic (exact) mass is 331 g/mol. The molecule has 1 N–H and O–H groups in total. The van der Waals surface area contributed by atoms with Crippen LogP contribution < -0.4 is 10.2 Å². The molecule has 1 fully saturated rings. The van der Waals surface area contributed by atoms with E-state index in [1.165, 1.54) is 6.07 Å². The van der Waals surface area contributed by atoms with Gasteiger partial charge in [-0.3, -0.25) is 4.99 Å². The third kappa shape index (κ3) is 3.47. The first-order valence-corrected chi connectivity index (χ1v) is 7.97. The van der Waals surface area contributed by atoms with E-state index in [4.69, 9.17) is 0 Å². The molecule has 2 aromatic rings. The molecule has 1 aromatic carbocycles. The Morgan fingerprint density at radius 1 is 1.25 bits per heavy atom. The molecule has 1 aromatic heterocycles. The highest BCUT2D eigenvalue weighted by Gasteiger charge is 2.21. The predicted octanol–water partition coefficient (Wildman–Crippen LogP) is 0.852. The number of aryl methyl sites for hydroxylation is 1. The van der Waals surface area contributed by atoms with Gasteiger partial charge in [0, 0.05) is 40.3 Å². The van der Waals surface area contributed by atoms with E-state index in [0.717, 1.165) is 38.0 Å². The van der Waals surface area contributed by atoms with Gasteiger partial charge < -0.3 is 19.7 Å². The summed E-state index contributed by atoms with van der Waals surface area (Å²) in [5.41, 5.74) is 0.666. The summed E-state index contributed by atoms with van der Waals surface area (Å²) in [5.74, 6) is 1.50. The Hall–Kier alpha value is -2.64. The number of aliphatic imine (C=N–C) groups is 1. The maximum atomic E-state index is 13.9. The number of hydrogen-bond donors (Lipinski definition) is 1. The summed E-state index contributed by atoms with van der Waals surface area (Å²) >= 11 is 0.